The van der Waals surface area contributed by atoms with Crippen molar-refractivity contribution in [1.29, 1.82) is 10.5 Å². The van der Waals surface area contributed by atoms with Crippen LogP contribution in [0.4, 0.5) is 0 Å². The van der Waals surface area contributed by atoms with E-state index in [1.165, 1.54) is 24.3 Å². The number of carbonyl (C=O) groups excluding carboxylic acids is 1. The van der Waals surface area contributed by atoms with Gasteiger partial charge < -0.3 is 10.2 Å². The Kier molecular flexibility index (Phi) is 5.48. The highest BCUT2D eigenvalue weighted by Crippen LogP contribution is 2.57. The monoisotopic (exact) mass is 467 g/mol. The lowest BCUT2D eigenvalue weighted by molar-refractivity contribution is -0.131. The van der Waals surface area contributed by atoms with Crippen LogP contribution in [-0.2, 0) is 14.8 Å². The minimum absolute atomic E-state index is 0.0398. The van der Waals surface area contributed by atoms with Crippen LogP contribution in [0.5, 0.6) is 0 Å². The second-order valence-electron chi connectivity index (χ2n) is 10.5. The van der Waals surface area contributed by atoms with E-state index in [1.54, 1.807) is 4.90 Å². The number of rotatable bonds is 6. The lowest BCUT2D eigenvalue weighted by atomic mass is 9.50. The summed E-state index contributed by atoms with van der Waals surface area (Å²) in [5.74, 6) is 0.814. The predicted octanol–water partition coefficient (Wildman–Crippen LogP) is 2.03. The molecule has 4 bridgehead atoms. The maximum atomic E-state index is 13.2. The maximum Gasteiger partial charge on any atom is 0.241 e. The molecular formula is C24H29N5O3S. The van der Waals surface area contributed by atoms with Crippen molar-refractivity contribution < 1.29 is 13.2 Å². The molecule has 174 valence electrons. The number of nitrogens with one attached hydrogen (secondary N) is 2. The average Bonchev–Trinajstić information content (AvgIpc) is 3.25. The first-order valence-corrected chi connectivity index (χ1v) is 13.2. The van der Waals surface area contributed by atoms with Gasteiger partial charge in [-0.25, -0.2) is 13.1 Å². The second-order valence-corrected chi connectivity index (χ2v) is 12.2. The van der Waals surface area contributed by atoms with Gasteiger partial charge in [0.25, 0.3) is 0 Å². The molecule has 1 aliphatic heterocycles. The number of amides is 1. The van der Waals surface area contributed by atoms with E-state index in [-0.39, 0.29) is 28.9 Å². The van der Waals surface area contributed by atoms with Crippen LogP contribution >= 0.6 is 0 Å². The Morgan fingerprint density at radius 1 is 1.09 bits per heavy atom. The van der Waals surface area contributed by atoms with Crippen molar-refractivity contribution in [3.8, 4) is 12.1 Å². The van der Waals surface area contributed by atoms with Gasteiger partial charge in [0.05, 0.1) is 29.1 Å². The number of nitrogens with zero attached hydrogens (tertiary/aromatic N) is 3. The van der Waals surface area contributed by atoms with Crippen LogP contribution in [-0.4, -0.2) is 49.4 Å². The van der Waals surface area contributed by atoms with Gasteiger partial charge in [-0.1, -0.05) is 0 Å². The first-order chi connectivity index (χ1) is 15.8. The van der Waals surface area contributed by atoms with E-state index in [0.29, 0.717) is 30.4 Å². The number of sulfonamides is 1. The SMILES string of the molecule is N#Cc1ccc(S(=O)(=O)NC23CC4CC(CC(NCC(=O)N5CCCC5C#N)(C4)C2)C3)cc1. The highest BCUT2D eigenvalue weighted by molar-refractivity contribution is 7.89. The Morgan fingerprint density at radius 3 is 2.39 bits per heavy atom. The zero-order valence-corrected chi connectivity index (χ0v) is 19.4. The van der Waals surface area contributed by atoms with E-state index in [9.17, 15) is 18.5 Å². The molecule has 0 aromatic heterocycles. The zero-order chi connectivity index (χ0) is 23.3. The smallest absolute Gasteiger partial charge is 0.241 e. The summed E-state index contributed by atoms with van der Waals surface area (Å²) in [6.07, 6.45) is 6.92. The molecule has 1 aromatic carbocycles. The molecule has 2 N–H and O–H groups in total. The average molecular weight is 468 g/mol. The molecule has 9 heteroatoms. The van der Waals surface area contributed by atoms with Crippen LogP contribution in [0.3, 0.4) is 0 Å². The Labute approximate surface area is 195 Å². The molecule has 4 aliphatic carbocycles. The van der Waals surface area contributed by atoms with E-state index in [2.05, 4.69) is 16.1 Å². The van der Waals surface area contributed by atoms with Gasteiger partial charge in [-0.2, -0.15) is 10.5 Å². The quantitative estimate of drug-likeness (QED) is 0.659. The predicted molar refractivity (Wildman–Crippen MR) is 120 cm³/mol. The van der Waals surface area contributed by atoms with Crippen LogP contribution in [0.1, 0.15) is 56.9 Å². The van der Waals surface area contributed by atoms with Gasteiger partial charge in [-0.05, 0) is 87.5 Å². The highest BCUT2D eigenvalue weighted by Gasteiger charge is 2.58. The number of hydrogen-bond donors (Lipinski definition) is 2. The van der Waals surface area contributed by atoms with E-state index in [4.69, 9.17) is 5.26 Å². The summed E-state index contributed by atoms with van der Waals surface area (Å²) in [6.45, 7) is 0.821. The van der Waals surface area contributed by atoms with Crippen molar-refractivity contribution in [2.75, 3.05) is 13.1 Å². The van der Waals surface area contributed by atoms with Crippen LogP contribution < -0.4 is 10.0 Å². The molecule has 1 aromatic rings. The summed E-state index contributed by atoms with van der Waals surface area (Å²) >= 11 is 0. The van der Waals surface area contributed by atoms with Gasteiger partial charge in [0.1, 0.15) is 6.04 Å². The number of nitriles is 2. The van der Waals surface area contributed by atoms with Gasteiger partial charge >= 0.3 is 0 Å². The minimum atomic E-state index is -3.73. The zero-order valence-electron chi connectivity index (χ0n) is 18.6. The maximum absolute atomic E-state index is 13.2. The second kappa shape index (κ2) is 8.09. The van der Waals surface area contributed by atoms with Crippen LogP contribution in [0.25, 0.3) is 0 Å². The van der Waals surface area contributed by atoms with Crippen molar-refractivity contribution in [2.24, 2.45) is 11.8 Å². The Bertz CT molecular complexity index is 1120. The number of benzene rings is 1. The third-order valence-electron chi connectivity index (χ3n) is 8.04. The molecule has 6 rings (SSSR count). The lowest BCUT2D eigenvalue weighted by Crippen LogP contribution is -2.69. The van der Waals surface area contributed by atoms with Gasteiger partial charge in [-0.3, -0.25) is 4.79 Å². The summed E-state index contributed by atoms with van der Waals surface area (Å²) in [6, 6.07) is 9.92. The fraction of sp³-hybridized carbons (Fsp3) is 0.625. The molecule has 3 atom stereocenters. The lowest BCUT2D eigenvalue weighted by Gasteiger charge is -2.62. The fourth-order valence-corrected chi connectivity index (χ4v) is 8.63. The Hall–Kier alpha value is -2.46. The van der Waals surface area contributed by atoms with E-state index in [0.717, 1.165) is 44.9 Å². The van der Waals surface area contributed by atoms with Gasteiger partial charge in [-0.15, -0.1) is 0 Å². The van der Waals surface area contributed by atoms with Crippen molar-refractivity contribution in [1.82, 2.24) is 14.9 Å². The molecule has 4 saturated carbocycles. The molecule has 0 spiro atoms. The summed E-state index contributed by atoms with van der Waals surface area (Å²) in [7, 11) is -3.73. The minimum Gasteiger partial charge on any atom is -0.326 e. The molecule has 5 fully saturated rings. The van der Waals surface area contributed by atoms with Crippen LogP contribution in [0.15, 0.2) is 29.2 Å². The molecule has 1 heterocycles. The molecule has 3 unspecified atom stereocenters. The largest absolute Gasteiger partial charge is 0.326 e. The third kappa shape index (κ3) is 4.14. The molecule has 8 nitrogen and oxygen atoms in total. The third-order valence-corrected chi connectivity index (χ3v) is 9.64. The van der Waals surface area contributed by atoms with Crippen LogP contribution in [0.2, 0.25) is 0 Å². The van der Waals surface area contributed by atoms with Crippen molar-refractivity contribution in [3.05, 3.63) is 29.8 Å². The number of carbonyl (C=O) groups is 1. The normalized spacial score (nSPS) is 34.7. The molecule has 33 heavy (non-hydrogen) atoms. The summed E-state index contributed by atoms with van der Waals surface area (Å²) in [5.41, 5.74) is -0.349. The van der Waals surface area contributed by atoms with Crippen molar-refractivity contribution in [2.45, 2.75) is 73.4 Å². The van der Waals surface area contributed by atoms with Gasteiger partial charge in [0, 0.05) is 17.6 Å². The van der Waals surface area contributed by atoms with Crippen LogP contribution in [0, 0.1) is 34.5 Å². The van der Waals surface area contributed by atoms with Crippen molar-refractivity contribution >= 4 is 15.9 Å². The van der Waals surface area contributed by atoms with Gasteiger partial charge in [0.2, 0.25) is 15.9 Å². The Balaban J connectivity index is 1.32. The first kappa shape index (κ1) is 22.3. The van der Waals surface area contributed by atoms with Gasteiger partial charge in [0.15, 0.2) is 0 Å². The molecule has 0 radical (unpaired) electrons. The molecular weight excluding hydrogens is 438 g/mol. The summed E-state index contributed by atoms with van der Waals surface area (Å²) in [5, 5.41) is 21.8. The number of hydrogen-bond acceptors (Lipinski definition) is 6. The topological polar surface area (TPSA) is 126 Å². The summed E-state index contributed by atoms with van der Waals surface area (Å²) in [4.78, 5) is 14.7. The van der Waals surface area contributed by atoms with E-state index in [1.807, 2.05) is 6.07 Å². The highest BCUT2D eigenvalue weighted by atomic mass is 32.2. The first-order valence-electron chi connectivity index (χ1n) is 11.7. The standard InChI is InChI=1S/C24H29N5O3S/c25-13-17-3-5-21(6-4-17)33(31,32)28-24-11-18-8-19(12-24)10-23(9-18,16-24)27-15-22(30)29-7-1-2-20(29)14-26/h3-6,18-20,27-28H,1-2,7-12,15-16H2. The molecule has 1 saturated heterocycles. The molecule has 5 aliphatic rings. The van der Waals surface area contributed by atoms with Crippen molar-refractivity contribution in [3.63, 3.8) is 0 Å². The van der Waals surface area contributed by atoms with E-state index >= 15 is 0 Å². The Morgan fingerprint density at radius 2 is 1.76 bits per heavy atom. The number of likely N-dealkylation sites (tertiary alicyclic amines) is 1. The van der Waals surface area contributed by atoms with E-state index < -0.39 is 15.6 Å². The fourth-order valence-electron chi connectivity index (χ4n) is 7.21. The summed E-state index contributed by atoms with van der Waals surface area (Å²) < 4.78 is 29.5. The molecule has 1 amide bonds.